The third-order valence-electron chi connectivity index (χ3n) is 5.46. The van der Waals surface area contributed by atoms with Crippen LogP contribution in [0.4, 0.5) is 0 Å². The van der Waals surface area contributed by atoms with Crippen LogP contribution < -0.4 is 0 Å². The molecule has 8 bridgehead atoms. The van der Waals surface area contributed by atoms with Gasteiger partial charge in [-0.15, -0.1) is 0 Å². The van der Waals surface area contributed by atoms with Gasteiger partial charge in [-0.2, -0.15) is 0 Å². The molecule has 0 spiro atoms. The number of aromatic hydroxyl groups is 2. The molecule has 4 aromatic rings. The summed E-state index contributed by atoms with van der Waals surface area (Å²) in [6.45, 7) is 0. The maximum Gasteiger partial charge on any atom is 0.127 e. The Morgan fingerprint density at radius 2 is 1.16 bits per heavy atom. The Kier molecular flexibility index (Phi) is 3.98. The average molecular weight is 418 g/mol. The van der Waals surface area contributed by atoms with E-state index in [1.165, 1.54) is 0 Å². The van der Waals surface area contributed by atoms with E-state index in [1.807, 2.05) is 66.8 Å². The van der Waals surface area contributed by atoms with E-state index in [0.717, 1.165) is 33.5 Å². The van der Waals surface area contributed by atoms with Crippen molar-refractivity contribution in [1.29, 1.82) is 0 Å². The van der Waals surface area contributed by atoms with Gasteiger partial charge in [0, 0.05) is 27.6 Å². The summed E-state index contributed by atoms with van der Waals surface area (Å²) in [7, 11) is 0. The number of aromatic amines is 2. The first-order valence-electron chi connectivity index (χ1n) is 10.2. The molecule has 6 heteroatoms. The fourth-order valence-electron chi connectivity index (χ4n) is 4.02. The van der Waals surface area contributed by atoms with E-state index in [9.17, 15) is 10.2 Å². The normalized spacial score (nSPS) is 12.7. The van der Waals surface area contributed by atoms with Gasteiger partial charge in [0.05, 0.1) is 28.3 Å². The number of nitrogens with one attached hydrogen (secondary N) is 2. The molecule has 0 saturated heterocycles. The van der Waals surface area contributed by atoms with Crippen LogP contribution in [0.1, 0.15) is 28.3 Å². The van der Waals surface area contributed by atoms with Crippen LogP contribution in [-0.4, -0.2) is 30.1 Å². The van der Waals surface area contributed by atoms with Gasteiger partial charge in [-0.1, -0.05) is 6.07 Å². The van der Waals surface area contributed by atoms with Crippen LogP contribution >= 0.6 is 0 Å². The number of nitrogens with zero attached hydrogens (tertiary/aromatic N) is 2. The third-order valence-corrected chi connectivity index (χ3v) is 5.46. The van der Waals surface area contributed by atoms with Gasteiger partial charge < -0.3 is 20.2 Å². The Hall–Kier alpha value is -4.58. The van der Waals surface area contributed by atoms with Crippen LogP contribution in [0.25, 0.3) is 45.9 Å². The van der Waals surface area contributed by atoms with E-state index in [1.54, 1.807) is 18.2 Å². The highest BCUT2D eigenvalue weighted by Gasteiger charge is 2.19. The molecule has 0 fully saturated rings. The fourth-order valence-corrected chi connectivity index (χ4v) is 4.02. The standard InChI is InChI=1S/C26H18N4O2/c31-24-2-1-3-25(32)26(24)22-13-21-12-19-7-6-17(28-19)10-15-4-5-16(27-15)11-18-8-9-20(29-18)14-23(22)30-21/h1-14,27-28,31-32H. The Morgan fingerprint density at radius 1 is 0.594 bits per heavy atom. The Balaban J connectivity index is 1.67. The van der Waals surface area contributed by atoms with Gasteiger partial charge in [-0.3, -0.25) is 0 Å². The lowest BCUT2D eigenvalue weighted by Gasteiger charge is -2.07. The topological polar surface area (TPSA) is 97.8 Å². The van der Waals surface area contributed by atoms with Crippen LogP contribution in [0.5, 0.6) is 11.5 Å². The number of rotatable bonds is 1. The lowest BCUT2D eigenvalue weighted by Crippen LogP contribution is -1.88. The summed E-state index contributed by atoms with van der Waals surface area (Å²) in [5.74, 6) is -0.0129. The van der Waals surface area contributed by atoms with Crippen molar-refractivity contribution in [1.82, 2.24) is 19.9 Å². The van der Waals surface area contributed by atoms with E-state index in [-0.39, 0.29) is 11.5 Å². The summed E-state index contributed by atoms with van der Waals surface area (Å²) in [5, 5.41) is 20.9. The quantitative estimate of drug-likeness (QED) is 0.284. The summed E-state index contributed by atoms with van der Waals surface area (Å²) in [6.07, 6.45) is 5.72. The van der Waals surface area contributed by atoms with Crippen molar-refractivity contribution >= 4 is 45.9 Å². The summed E-state index contributed by atoms with van der Waals surface area (Å²) in [4.78, 5) is 16.2. The zero-order valence-corrected chi connectivity index (χ0v) is 16.9. The zero-order chi connectivity index (χ0) is 21.7. The lowest BCUT2D eigenvalue weighted by atomic mass is 10.0. The lowest BCUT2D eigenvalue weighted by molar-refractivity contribution is 0.448. The molecule has 2 aliphatic rings. The molecule has 0 unspecified atom stereocenters. The number of hydrogen-bond acceptors (Lipinski definition) is 4. The molecule has 0 amide bonds. The van der Waals surface area contributed by atoms with E-state index < -0.39 is 0 Å². The van der Waals surface area contributed by atoms with E-state index >= 15 is 0 Å². The predicted molar refractivity (Wildman–Crippen MR) is 127 cm³/mol. The van der Waals surface area contributed by atoms with Crippen LogP contribution in [0.3, 0.4) is 0 Å². The molecular formula is C26H18N4O2. The first-order chi connectivity index (χ1) is 15.6. The van der Waals surface area contributed by atoms with Crippen molar-refractivity contribution in [2.24, 2.45) is 0 Å². The smallest absolute Gasteiger partial charge is 0.127 e. The maximum atomic E-state index is 10.4. The second kappa shape index (κ2) is 6.99. The van der Waals surface area contributed by atoms with Gasteiger partial charge in [-0.05, 0) is 78.9 Å². The molecule has 154 valence electrons. The first-order valence-corrected chi connectivity index (χ1v) is 10.2. The molecule has 0 radical (unpaired) electrons. The van der Waals surface area contributed by atoms with E-state index in [4.69, 9.17) is 4.98 Å². The highest BCUT2D eigenvalue weighted by molar-refractivity contribution is 5.96. The molecular weight excluding hydrogens is 400 g/mol. The van der Waals surface area contributed by atoms with Crippen molar-refractivity contribution < 1.29 is 10.2 Å². The van der Waals surface area contributed by atoms with E-state index in [2.05, 4.69) is 15.0 Å². The van der Waals surface area contributed by atoms with Crippen LogP contribution in [0.2, 0.25) is 0 Å². The van der Waals surface area contributed by atoms with Crippen LogP contribution in [-0.2, 0) is 0 Å². The molecule has 3 aromatic heterocycles. The van der Waals surface area contributed by atoms with Crippen LogP contribution in [0.15, 0.2) is 66.7 Å². The summed E-state index contributed by atoms with van der Waals surface area (Å²) in [6, 6.07) is 20.5. The third kappa shape index (κ3) is 3.24. The van der Waals surface area contributed by atoms with E-state index in [0.29, 0.717) is 22.5 Å². The highest BCUT2D eigenvalue weighted by atomic mass is 16.3. The second-order valence-corrected chi connectivity index (χ2v) is 7.76. The molecule has 6 rings (SSSR count). The summed E-state index contributed by atoms with van der Waals surface area (Å²) < 4.78 is 0. The maximum absolute atomic E-state index is 10.4. The van der Waals surface area contributed by atoms with Gasteiger partial charge in [0.1, 0.15) is 11.5 Å². The molecule has 1 aromatic carbocycles. The largest absolute Gasteiger partial charge is 0.507 e. The SMILES string of the molecule is Oc1cccc(O)c1C1=Cc2cc3ccc(cc4ccc(cc5nc(cc1n2)C=C5)[nH]4)[nH]3. The van der Waals surface area contributed by atoms with Gasteiger partial charge in [0.2, 0.25) is 0 Å². The summed E-state index contributed by atoms with van der Waals surface area (Å²) in [5.41, 5.74) is 7.67. The van der Waals surface area contributed by atoms with Crippen molar-refractivity contribution in [2.75, 3.05) is 0 Å². The van der Waals surface area contributed by atoms with Crippen molar-refractivity contribution in [3.8, 4) is 11.5 Å². The molecule has 4 N–H and O–H groups in total. The minimum atomic E-state index is -0.00643. The monoisotopic (exact) mass is 418 g/mol. The Morgan fingerprint density at radius 3 is 1.81 bits per heavy atom. The number of hydrogen-bond donors (Lipinski definition) is 4. The van der Waals surface area contributed by atoms with Gasteiger partial charge in [0.15, 0.2) is 0 Å². The number of phenolic OH excluding ortho intramolecular Hbond substituents is 2. The first kappa shape index (κ1) is 18.2. The van der Waals surface area contributed by atoms with Gasteiger partial charge in [0.25, 0.3) is 0 Å². The number of H-pyrrole nitrogens is 2. The number of phenols is 2. The zero-order valence-electron chi connectivity index (χ0n) is 16.9. The molecule has 32 heavy (non-hydrogen) atoms. The van der Waals surface area contributed by atoms with Crippen molar-refractivity contribution in [3.63, 3.8) is 0 Å². The van der Waals surface area contributed by atoms with Crippen molar-refractivity contribution in [3.05, 3.63) is 95.1 Å². The van der Waals surface area contributed by atoms with Gasteiger partial charge >= 0.3 is 0 Å². The molecule has 5 heterocycles. The number of aromatic nitrogens is 4. The fraction of sp³-hybridized carbons (Fsp3) is 0. The average Bonchev–Trinajstić information content (AvgIpc) is 3.54. The highest BCUT2D eigenvalue weighted by Crippen LogP contribution is 2.39. The molecule has 2 aliphatic heterocycles. The van der Waals surface area contributed by atoms with Gasteiger partial charge in [-0.25, -0.2) is 9.97 Å². The van der Waals surface area contributed by atoms with Crippen molar-refractivity contribution in [2.45, 2.75) is 0 Å². The Bertz CT molecular complexity index is 1580. The molecule has 0 saturated carbocycles. The molecule has 6 nitrogen and oxygen atoms in total. The predicted octanol–water partition coefficient (Wildman–Crippen LogP) is 5.49. The second-order valence-electron chi connectivity index (χ2n) is 7.76. The minimum Gasteiger partial charge on any atom is -0.507 e. The minimum absolute atomic E-state index is 0.00643. The van der Waals surface area contributed by atoms with Crippen LogP contribution in [0, 0.1) is 0 Å². The Labute approximate surface area is 182 Å². The number of benzene rings is 1. The summed E-state index contributed by atoms with van der Waals surface area (Å²) >= 11 is 0. The number of fused-ring (bicyclic) bond motifs is 8. The molecule has 0 atom stereocenters. The molecule has 0 aliphatic carbocycles.